The van der Waals surface area contributed by atoms with Gasteiger partial charge in [0.05, 0.1) is 0 Å². The molecule has 22 heavy (non-hydrogen) atoms. The fraction of sp³-hybridized carbons (Fsp3) is 0.429. The molecule has 0 aromatic heterocycles. The van der Waals surface area contributed by atoms with Gasteiger partial charge in [0.25, 0.3) is 0 Å². The second-order valence-corrected chi connectivity index (χ2v) is 6.17. The minimum atomic E-state index is 0.383. The van der Waals surface area contributed by atoms with Crippen LogP contribution in [0.4, 0.5) is 0 Å². The Bertz CT molecular complexity index is 524. The molecular weight excluding hydrogens is 266 g/mol. The summed E-state index contributed by atoms with van der Waals surface area (Å²) in [4.78, 5) is 0. The Morgan fingerprint density at radius 2 is 2.00 bits per heavy atom. The third kappa shape index (κ3) is 4.37. The lowest BCUT2D eigenvalue weighted by Gasteiger charge is -2.29. The van der Waals surface area contributed by atoms with Gasteiger partial charge in [-0.3, -0.25) is 0 Å². The summed E-state index contributed by atoms with van der Waals surface area (Å²) < 4.78 is 0. The van der Waals surface area contributed by atoms with Gasteiger partial charge < -0.3 is 5.32 Å². The average molecular weight is 295 g/mol. The standard InChI is InChI=1S/C21H29N/c1-4-5-16-22-18(3)17(2)21(19-12-8-6-9-13-19)20-14-10-7-11-15-20/h6,8-10,12-15,17,21-22H,3-5,7,11,16H2,1-2H3. The van der Waals surface area contributed by atoms with E-state index in [4.69, 9.17) is 0 Å². The topological polar surface area (TPSA) is 12.0 Å². The summed E-state index contributed by atoms with van der Waals surface area (Å²) in [5.74, 6) is 0.771. The van der Waals surface area contributed by atoms with Crippen LogP contribution in [0.5, 0.6) is 0 Å². The van der Waals surface area contributed by atoms with Crippen LogP contribution in [0.25, 0.3) is 0 Å². The Labute approximate surface area is 135 Å². The number of rotatable bonds is 8. The molecule has 1 heteroatoms. The first-order valence-corrected chi connectivity index (χ1v) is 8.58. The van der Waals surface area contributed by atoms with Crippen molar-refractivity contribution >= 4 is 0 Å². The normalized spacial score (nSPS) is 16.7. The maximum atomic E-state index is 4.31. The maximum Gasteiger partial charge on any atom is 0.0166 e. The van der Waals surface area contributed by atoms with Gasteiger partial charge in [0.15, 0.2) is 0 Å². The predicted octanol–water partition coefficient (Wildman–Crippen LogP) is 5.59. The summed E-state index contributed by atoms with van der Waals surface area (Å²) in [6, 6.07) is 10.8. The first kappa shape index (κ1) is 16.6. The molecule has 0 heterocycles. The molecule has 0 spiro atoms. The molecule has 0 saturated heterocycles. The Morgan fingerprint density at radius 3 is 2.64 bits per heavy atom. The van der Waals surface area contributed by atoms with E-state index in [9.17, 15) is 0 Å². The predicted molar refractivity (Wildman–Crippen MR) is 96.9 cm³/mol. The molecule has 0 fully saturated rings. The molecule has 1 aromatic rings. The number of benzene rings is 1. The van der Waals surface area contributed by atoms with Crippen LogP contribution in [-0.2, 0) is 0 Å². The van der Waals surface area contributed by atoms with Crippen molar-refractivity contribution in [3.8, 4) is 0 Å². The van der Waals surface area contributed by atoms with Crippen LogP contribution < -0.4 is 5.32 Å². The lowest BCUT2D eigenvalue weighted by Crippen LogP contribution is -2.24. The highest BCUT2D eigenvalue weighted by molar-refractivity contribution is 5.38. The van der Waals surface area contributed by atoms with Crippen molar-refractivity contribution in [1.82, 2.24) is 5.32 Å². The van der Waals surface area contributed by atoms with Crippen LogP contribution in [0.3, 0.4) is 0 Å². The highest BCUT2D eigenvalue weighted by Crippen LogP contribution is 2.37. The summed E-state index contributed by atoms with van der Waals surface area (Å²) in [5, 5.41) is 3.53. The van der Waals surface area contributed by atoms with Crippen LogP contribution >= 0.6 is 0 Å². The fourth-order valence-electron chi connectivity index (χ4n) is 3.08. The fourth-order valence-corrected chi connectivity index (χ4v) is 3.08. The van der Waals surface area contributed by atoms with Gasteiger partial charge in [0.1, 0.15) is 0 Å². The van der Waals surface area contributed by atoms with Crippen LogP contribution in [-0.4, -0.2) is 6.54 Å². The average Bonchev–Trinajstić information content (AvgIpc) is 2.57. The zero-order valence-corrected chi connectivity index (χ0v) is 14.0. The number of unbranched alkanes of at least 4 members (excludes halogenated alkanes) is 1. The molecule has 2 atom stereocenters. The molecule has 1 nitrogen and oxygen atoms in total. The SMILES string of the molecule is C=C(NCCCC)C(C)C(C1=CCCC=C1)c1ccccc1. The second-order valence-electron chi connectivity index (χ2n) is 6.17. The van der Waals surface area contributed by atoms with Crippen LogP contribution in [0.2, 0.25) is 0 Å². The molecular formula is C21H29N. The van der Waals surface area contributed by atoms with E-state index < -0.39 is 0 Å². The first-order valence-electron chi connectivity index (χ1n) is 8.58. The number of allylic oxidation sites excluding steroid dienone is 5. The Kier molecular flexibility index (Phi) is 6.51. The minimum Gasteiger partial charge on any atom is -0.389 e. The van der Waals surface area contributed by atoms with Crippen LogP contribution in [0.15, 0.2) is 66.4 Å². The van der Waals surface area contributed by atoms with Gasteiger partial charge in [0.2, 0.25) is 0 Å². The molecule has 1 aromatic carbocycles. The molecule has 1 aliphatic rings. The number of nitrogens with one attached hydrogen (secondary N) is 1. The van der Waals surface area contributed by atoms with Crippen molar-refractivity contribution in [2.24, 2.45) is 5.92 Å². The zero-order valence-electron chi connectivity index (χ0n) is 14.0. The molecule has 1 aliphatic carbocycles. The summed E-state index contributed by atoms with van der Waals surface area (Å²) in [7, 11) is 0. The van der Waals surface area contributed by atoms with Gasteiger partial charge in [-0.2, -0.15) is 0 Å². The monoisotopic (exact) mass is 295 g/mol. The quantitative estimate of drug-likeness (QED) is 0.617. The molecule has 2 unspecified atom stereocenters. The molecule has 0 amide bonds. The largest absolute Gasteiger partial charge is 0.389 e. The first-order chi connectivity index (χ1) is 10.7. The van der Waals surface area contributed by atoms with Gasteiger partial charge in [-0.05, 0) is 30.4 Å². The molecule has 2 rings (SSSR count). The molecule has 118 valence electrons. The van der Waals surface area contributed by atoms with Crippen LogP contribution in [0.1, 0.15) is 51.0 Å². The van der Waals surface area contributed by atoms with Crippen molar-refractivity contribution in [3.63, 3.8) is 0 Å². The van der Waals surface area contributed by atoms with Crippen molar-refractivity contribution in [1.29, 1.82) is 0 Å². The number of hydrogen-bond acceptors (Lipinski definition) is 1. The van der Waals surface area contributed by atoms with E-state index in [-0.39, 0.29) is 0 Å². The van der Waals surface area contributed by atoms with Gasteiger partial charge in [-0.1, -0.05) is 75.4 Å². The number of hydrogen-bond donors (Lipinski definition) is 1. The summed E-state index contributed by atoms with van der Waals surface area (Å²) in [6.07, 6.45) is 11.7. The summed E-state index contributed by atoms with van der Waals surface area (Å²) in [6.45, 7) is 9.84. The van der Waals surface area contributed by atoms with E-state index in [0.717, 1.165) is 25.1 Å². The highest BCUT2D eigenvalue weighted by atomic mass is 14.9. The Balaban J connectivity index is 2.19. The third-order valence-electron chi connectivity index (χ3n) is 4.47. The third-order valence-corrected chi connectivity index (χ3v) is 4.47. The van der Waals surface area contributed by atoms with Crippen molar-refractivity contribution < 1.29 is 0 Å². The smallest absolute Gasteiger partial charge is 0.0166 e. The summed E-state index contributed by atoms with van der Waals surface area (Å²) >= 11 is 0. The maximum absolute atomic E-state index is 4.31. The highest BCUT2D eigenvalue weighted by Gasteiger charge is 2.24. The van der Waals surface area contributed by atoms with Gasteiger partial charge in [-0.25, -0.2) is 0 Å². The zero-order chi connectivity index (χ0) is 15.8. The second kappa shape index (κ2) is 8.63. The van der Waals surface area contributed by atoms with Gasteiger partial charge in [0, 0.05) is 24.1 Å². The molecule has 1 N–H and O–H groups in total. The van der Waals surface area contributed by atoms with Crippen molar-refractivity contribution in [3.05, 3.63) is 72.0 Å². The molecule has 0 radical (unpaired) electrons. The lowest BCUT2D eigenvalue weighted by molar-refractivity contribution is 0.535. The minimum absolute atomic E-state index is 0.383. The lowest BCUT2D eigenvalue weighted by atomic mass is 9.78. The molecule has 0 bridgehead atoms. The molecule has 0 aliphatic heterocycles. The Morgan fingerprint density at radius 1 is 1.23 bits per heavy atom. The van der Waals surface area contributed by atoms with Crippen molar-refractivity contribution in [2.45, 2.75) is 45.4 Å². The van der Waals surface area contributed by atoms with Gasteiger partial charge >= 0.3 is 0 Å². The summed E-state index contributed by atoms with van der Waals surface area (Å²) in [5.41, 5.74) is 3.97. The van der Waals surface area contributed by atoms with E-state index in [1.54, 1.807) is 0 Å². The van der Waals surface area contributed by atoms with Gasteiger partial charge in [-0.15, -0.1) is 0 Å². The Hall–Kier alpha value is -1.76. The van der Waals surface area contributed by atoms with E-state index in [0.29, 0.717) is 11.8 Å². The molecule has 0 saturated carbocycles. The van der Waals surface area contributed by atoms with E-state index in [1.807, 2.05) is 0 Å². The van der Waals surface area contributed by atoms with Crippen molar-refractivity contribution in [2.75, 3.05) is 6.54 Å². The van der Waals surface area contributed by atoms with E-state index in [2.05, 4.69) is 74.3 Å². The van der Waals surface area contributed by atoms with Crippen LogP contribution in [0, 0.1) is 5.92 Å². The van der Waals surface area contributed by atoms with E-state index in [1.165, 1.54) is 24.0 Å². The van der Waals surface area contributed by atoms with E-state index >= 15 is 0 Å².